The number of nitro groups is 1. The van der Waals surface area contributed by atoms with Crippen molar-refractivity contribution < 1.29 is 32.0 Å². The Hall–Kier alpha value is -6.66. The van der Waals surface area contributed by atoms with Gasteiger partial charge in [-0.3, -0.25) is 23.9 Å². The maximum Gasteiger partial charge on any atom is 0.514 e. The molecule has 8 rings (SSSR count). The highest BCUT2D eigenvalue weighted by Gasteiger charge is 2.36. The van der Waals surface area contributed by atoms with Crippen LogP contribution in [0.2, 0.25) is 0 Å². The predicted octanol–water partition coefficient (Wildman–Crippen LogP) is 5.81. The van der Waals surface area contributed by atoms with E-state index in [1.54, 1.807) is 54.1 Å². The summed E-state index contributed by atoms with van der Waals surface area (Å²) in [6.07, 6.45) is 3.52. The average Bonchev–Trinajstić information content (AvgIpc) is 3.93. The number of nitro benzene ring substituents is 1. The van der Waals surface area contributed by atoms with Gasteiger partial charge < -0.3 is 15.2 Å². The number of nitrogens with two attached hydrogens (primary N) is 1. The third kappa shape index (κ3) is 6.17. The number of carbonyl (C=O) groups is 1. The van der Waals surface area contributed by atoms with E-state index < -0.39 is 27.0 Å². The number of non-ortho nitro benzene ring substituents is 1. The summed E-state index contributed by atoms with van der Waals surface area (Å²) in [4.78, 5) is 41.7. The fourth-order valence-corrected chi connectivity index (χ4v) is 8.91. The summed E-state index contributed by atoms with van der Waals surface area (Å²) in [6, 6.07) is 18.8. The molecule has 16 nitrogen and oxygen atoms in total. The number of carbonyl (C=O) groups excluding carboxylic acids is 1. The number of rotatable bonds is 9. The molecule has 1 fully saturated rings. The molecule has 286 valence electrons. The minimum Gasteiger partial charge on any atom is -0.429 e. The Balaban J connectivity index is 1.36. The summed E-state index contributed by atoms with van der Waals surface area (Å²) < 4.78 is 61.6. The van der Waals surface area contributed by atoms with Crippen LogP contribution in [0.3, 0.4) is 0 Å². The van der Waals surface area contributed by atoms with Crippen LogP contribution in [-0.4, -0.2) is 53.4 Å². The van der Waals surface area contributed by atoms with E-state index in [1.165, 1.54) is 65.1 Å². The van der Waals surface area contributed by atoms with Crippen LogP contribution in [0.4, 0.5) is 14.9 Å². The number of imidazole rings is 1. The second kappa shape index (κ2) is 13.9. The topological polar surface area (TPSA) is 201 Å². The van der Waals surface area contributed by atoms with Gasteiger partial charge in [0.2, 0.25) is 5.95 Å². The lowest BCUT2D eigenvalue weighted by atomic mass is 9.98. The molecule has 4 heterocycles. The smallest absolute Gasteiger partial charge is 0.429 e. The molecule has 1 aliphatic carbocycles. The summed E-state index contributed by atoms with van der Waals surface area (Å²) in [5.41, 5.74) is 7.41. The maximum atomic E-state index is 16.0. The molecule has 1 saturated carbocycles. The van der Waals surface area contributed by atoms with Crippen LogP contribution < -0.4 is 16.2 Å². The molecule has 1 aliphatic rings. The van der Waals surface area contributed by atoms with E-state index in [0.29, 0.717) is 41.4 Å². The van der Waals surface area contributed by atoms with Gasteiger partial charge in [0, 0.05) is 50.1 Å². The SMILES string of the molecule is Cn1cc(-c2c(-c3cccc(COC(=O)Oc4ccc([N+](=O)[O-])cc4)c3)c3c(ncc4c3n([C@@H]3CC[C@@H](N)C3)c(=O)n4C)n2S(=O)(=O)c2ccccc2)c(F)n1. The number of pyridine rings is 1. The molecule has 0 bridgehead atoms. The summed E-state index contributed by atoms with van der Waals surface area (Å²) in [6.45, 7) is -0.305. The molecule has 0 radical (unpaired) electrons. The summed E-state index contributed by atoms with van der Waals surface area (Å²) in [5.74, 6) is -0.920. The molecule has 0 amide bonds. The first kappa shape index (κ1) is 36.3. The number of fused-ring (bicyclic) bond motifs is 3. The molecule has 3 aromatic carbocycles. The number of aromatic nitrogens is 6. The van der Waals surface area contributed by atoms with Crippen LogP contribution >= 0.6 is 0 Å². The van der Waals surface area contributed by atoms with E-state index in [-0.39, 0.29) is 68.6 Å². The van der Waals surface area contributed by atoms with Crippen molar-refractivity contribution in [3.63, 3.8) is 0 Å². The van der Waals surface area contributed by atoms with E-state index in [0.717, 1.165) is 3.97 Å². The summed E-state index contributed by atoms with van der Waals surface area (Å²) in [5, 5.41) is 15.2. The number of ether oxygens (including phenoxy) is 2. The van der Waals surface area contributed by atoms with Crippen molar-refractivity contribution in [1.29, 1.82) is 0 Å². The molecule has 0 saturated heterocycles. The fourth-order valence-electron chi connectivity index (χ4n) is 7.40. The van der Waals surface area contributed by atoms with E-state index in [1.807, 2.05) is 0 Å². The highest BCUT2D eigenvalue weighted by molar-refractivity contribution is 7.90. The van der Waals surface area contributed by atoms with Gasteiger partial charge in [-0.2, -0.15) is 4.39 Å². The fraction of sp³-hybridized carbons (Fsp3) is 0.211. The third-order valence-corrected chi connectivity index (χ3v) is 11.6. The van der Waals surface area contributed by atoms with Gasteiger partial charge in [-0.25, -0.2) is 27.0 Å². The zero-order chi connectivity index (χ0) is 39.5. The number of aryl methyl sites for hydroxylation is 2. The van der Waals surface area contributed by atoms with Crippen LogP contribution in [0, 0.1) is 16.1 Å². The minimum atomic E-state index is -4.51. The third-order valence-electron chi connectivity index (χ3n) is 9.94. The van der Waals surface area contributed by atoms with Crippen LogP contribution in [0.1, 0.15) is 30.9 Å². The first-order valence-electron chi connectivity index (χ1n) is 17.4. The average molecular weight is 781 g/mol. The largest absolute Gasteiger partial charge is 0.514 e. The molecular formula is C38H33FN8O8S. The normalized spacial score (nSPS) is 15.8. The molecule has 7 aromatic rings. The Morgan fingerprint density at radius 1 is 1.05 bits per heavy atom. The predicted molar refractivity (Wildman–Crippen MR) is 202 cm³/mol. The molecular weight excluding hydrogens is 748 g/mol. The second-order valence-electron chi connectivity index (χ2n) is 13.5. The minimum absolute atomic E-state index is 0.0265. The van der Waals surface area contributed by atoms with Crippen LogP contribution in [-0.2, 0) is 35.5 Å². The Morgan fingerprint density at radius 2 is 1.80 bits per heavy atom. The van der Waals surface area contributed by atoms with Crippen molar-refractivity contribution in [3.8, 4) is 28.1 Å². The lowest BCUT2D eigenvalue weighted by molar-refractivity contribution is -0.384. The van der Waals surface area contributed by atoms with Crippen molar-refractivity contribution >= 4 is 43.9 Å². The summed E-state index contributed by atoms with van der Waals surface area (Å²) in [7, 11) is -1.39. The maximum absolute atomic E-state index is 16.0. The van der Waals surface area contributed by atoms with Crippen molar-refractivity contribution in [3.05, 3.63) is 123 Å². The van der Waals surface area contributed by atoms with Gasteiger partial charge in [0.05, 0.1) is 43.7 Å². The molecule has 2 N–H and O–H groups in total. The van der Waals surface area contributed by atoms with E-state index in [2.05, 4.69) is 10.1 Å². The summed E-state index contributed by atoms with van der Waals surface area (Å²) >= 11 is 0. The molecule has 18 heteroatoms. The monoisotopic (exact) mass is 780 g/mol. The van der Waals surface area contributed by atoms with Crippen molar-refractivity contribution in [1.82, 2.24) is 27.9 Å². The van der Waals surface area contributed by atoms with Crippen LogP contribution in [0.15, 0.2) is 101 Å². The lowest BCUT2D eigenvalue weighted by Crippen LogP contribution is -2.26. The molecule has 2 atom stereocenters. The molecule has 56 heavy (non-hydrogen) atoms. The van der Waals surface area contributed by atoms with Crippen molar-refractivity contribution in [2.45, 2.75) is 42.8 Å². The Bertz CT molecular complexity index is 2860. The van der Waals surface area contributed by atoms with Crippen LogP contribution in [0.25, 0.3) is 44.5 Å². The van der Waals surface area contributed by atoms with Gasteiger partial charge >= 0.3 is 11.8 Å². The number of hydrogen-bond acceptors (Lipinski definition) is 11. The first-order valence-corrected chi connectivity index (χ1v) is 18.9. The number of hydrogen-bond donors (Lipinski definition) is 1. The zero-order valence-corrected chi connectivity index (χ0v) is 30.7. The van der Waals surface area contributed by atoms with Gasteiger partial charge in [-0.05, 0) is 60.7 Å². The number of halogens is 1. The van der Waals surface area contributed by atoms with E-state index in [4.69, 9.17) is 15.2 Å². The Kier molecular flexibility index (Phi) is 9.00. The van der Waals surface area contributed by atoms with Gasteiger partial charge in [-0.15, -0.1) is 5.10 Å². The number of benzene rings is 3. The van der Waals surface area contributed by atoms with Crippen LogP contribution in [0.5, 0.6) is 5.75 Å². The highest BCUT2D eigenvalue weighted by atomic mass is 32.2. The lowest BCUT2D eigenvalue weighted by Gasteiger charge is -2.13. The Morgan fingerprint density at radius 3 is 2.46 bits per heavy atom. The molecule has 0 aliphatic heterocycles. The van der Waals surface area contributed by atoms with Crippen molar-refractivity contribution in [2.24, 2.45) is 19.8 Å². The van der Waals surface area contributed by atoms with Gasteiger partial charge in [-0.1, -0.05) is 36.4 Å². The first-order chi connectivity index (χ1) is 26.8. The molecule has 0 spiro atoms. The van der Waals surface area contributed by atoms with Gasteiger partial charge in [0.1, 0.15) is 12.4 Å². The highest BCUT2D eigenvalue weighted by Crippen LogP contribution is 2.46. The zero-order valence-electron chi connectivity index (χ0n) is 29.9. The quantitative estimate of drug-likeness (QED) is 0.0802. The van der Waals surface area contributed by atoms with Crippen molar-refractivity contribution in [2.75, 3.05) is 0 Å². The molecule has 0 unspecified atom stereocenters. The second-order valence-corrected chi connectivity index (χ2v) is 15.3. The standard InChI is InChI=1S/C38H33FN8O8S/c1-43-20-29(35(39)42-43)33-31(23-8-6-7-22(17-23)21-54-38(49)55-27-15-13-25(14-16-27)47(50)51)32-34-30(44(2)37(48)45(34)26-12-11-24(40)18-26)19-41-36(32)46(33)56(52,53)28-9-4-3-5-10-28/h3-10,13-17,19-20,24,26H,11-12,18,21,40H2,1-2H3/t24-,26-/m1/s1. The van der Waals surface area contributed by atoms with Gasteiger partial charge in [0.15, 0.2) is 5.65 Å². The molecule has 4 aromatic heterocycles. The Labute approximate surface area is 317 Å². The van der Waals surface area contributed by atoms with Gasteiger partial charge in [0.25, 0.3) is 15.7 Å². The van der Waals surface area contributed by atoms with E-state index >= 15 is 4.39 Å². The number of nitrogens with zero attached hydrogens (tertiary/aromatic N) is 7. The van der Waals surface area contributed by atoms with E-state index in [9.17, 15) is 28.1 Å².